The number of rotatable bonds is 12. The molecule has 178 valence electrons. The van der Waals surface area contributed by atoms with E-state index in [0.29, 0.717) is 23.4 Å². The van der Waals surface area contributed by atoms with Crippen LogP contribution in [0.1, 0.15) is 43.4 Å². The van der Waals surface area contributed by atoms with Crippen LogP contribution < -0.4 is 10.1 Å². The lowest BCUT2D eigenvalue weighted by Crippen LogP contribution is -2.45. The van der Waals surface area contributed by atoms with Crippen LogP contribution in [0.4, 0.5) is 4.39 Å². The van der Waals surface area contributed by atoms with E-state index in [1.165, 1.54) is 17.0 Å². The zero-order valence-electron chi connectivity index (χ0n) is 19.5. The largest absolute Gasteiger partial charge is 0.484 e. The van der Waals surface area contributed by atoms with Gasteiger partial charge in [0, 0.05) is 13.1 Å². The minimum Gasteiger partial charge on any atom is -0.484 e. The Balaban J connectivity index is 1.88. The lowest BCUT2D eigenvalue weighted by molar-refractivity contribution is -0.143. The number of carbonyl (C=O) groups is 2. The molecule has 0 fully saturated rings. The Morgan fingerprint density at radius 1 is 0.912 bits per heavy atom. The topological polar surface area (TPSA) is 58.6 Å². The number of halogens is 1. The van der Waals surface area contributed by atoms with Gasteiger partial charge in [0.15, 0.2) is 6.61 Å². The third-order valence-electron chi connectivity index (χ3n) is 5.45. The van der Waals surface area contributed by atoms with Gasteiger partial charge in [0.2, 0.25) is 5.91 Å². The molecule has 5 nitrogen and oxygen atoms in total. The predicted molar refractivity (Wildman–Crippen MR) is 131 cm³/mol. The maximum atomic E-state index is 13.5. The van der Waals surface area contributed by atoms with Gasteiger partial charge in [-0.25, -0.2) is 4.39 Å². The highest BCUT2D eigenvalue weighted by Crippen LogP contribution is 2.24. The molecule has 0 aliphatic carbocycles. The van der Waals surface area contributed by atoms with E-state index in [1.807, 2.05) is 48.5 Å². The van der Waals surface area contributed by atoms with Crippen molar-refractivity contribution in [1.82, 2.24) is 10.2 Å². The average molecular weight is 463 g/mol. The number of para-hydroxylation sites is 1. The molecule has 3 rings (SSSR count). The summed E-state index contributed by atoms with van der Waals surface area (Å²) in [6.45, 7) is 2.55. The van der Waals surface area contributed by atoms with E-state index >= 15 is 0 Å². The van der Waals surface area contributed by atoms with Gasteiger partial charge < -0.3 is 15.0 Å². The Kier molecular flexibility index (Phi) is 9.65. The van der Waals surface area contributed by atoms with E-state index in [-0.39, 0.29) is 30.8 Å². The predicted octanol–water partition coefficient (Wildman–Crippen LogP) is 5.28. The average Bonchev–Trinajstić information content (AvgIpc) is 2.87. The van der Waals surface area contributed by atoms with Crippen molar-refractivity contribution in [2.45, 2.75) is 38.8 Å². The van der Waals surface area contributed by atoms with Gasteiger partial charge in [0.25, 0.3) is 5.91 Å². The summed E-state index contributed by atoms with van der Waals surface area (Å²) < 4.78 is 19.2. The number of nitrogens with one attached hydrogen (secondary N) is 1. The second-order valence-corrected chi connectivity index (χ2v) is 8.06. The Morgan fingerprint density at radius 2 is 1.56 bits per heavy atom. The monoisotopic (exact) mass is 462 g/mol. The summed E-state index contributed by atoms with van der Waals surface area (Å²) in [5.41, 5.74) is 1.42. The third-order valence-corrected chi connectivity index (χ3v) is 5.45. The maximum Gasteiger partial charge on any atom is 0.261 e. The van der Waals surface area contributed by atoms with Crippen LogP contribution in [0.2, 0.25) is 0 Å². The molecule has 0 saturated carbocycles. The zero-order valence-corrected chi connectivity index (χ0v) is 19.5. The number of ether oxygens (including phenoxy) is 1. The molecule has 2 amide bonds. The van der Waals surface area contributed by atoms with Gasteiger partial charge in [-0.3, -0.25) is 9.59 Å². The molecule has 0 saturated heterocycles. The van der Waals surface area contributed by atoms with Crippen LogP contribution >= 0.6 is 0 Å². The first kappa shape index (κ1) is 25.0. The van der Waals surface area contributed by atoms with E-state index in [4.69, 9.17) is 4.74 Å². The molecule has 3 aromatic rings. The molecule has 0 aromatic heterocycles. The number of carbonyl (C=O) groups excluding carboxylic acids is 2. The Morgan fingerprint density at radius 3 is 2.21 bits per heavy atom. The molecule has 1 atom stereocenters. The van der Waals surface area contributed by atoms with Crippen molar-refractivity contribution >= 4 is 11.8 Å². The molecule has 0 spiro atoms. The highest BCUT2D eigenvalue weighted by atomic mass is 19.1. The minimum absolute atomic E-state index is 0.138. The number of hydrogen-bond acceptors (Lipinski definition) is 3. The molecule has 1 N–H and O–H groups in total. The lowest BCUT2D eigenvalue weighted by Gasteiger charge is -2.31. The molecular formula is C28H31FN2O3. The number of amides is 2. The van der Waals surface area contributed by atoms with E-state index in [0.717, 1.165) is 19.3 Å². The lowest BCUT2D eigenvalue weighted by atomic mass is 10.0. The van der Waals surface area contributed by atoms with Crippen LogP contribution in [0.15, 0.2) is 84.9 Å². The molecule has 34 heavy (non-hydrogen) atoms. The second kappa shape index (κ2) is 13.1. The van der Waals surface area contributed by atoms with E-state index in [1.54, 1.807) is 24.3 Å². The number of unbranched alkanes of at least 4 members (excludes halogenated alkanes) is 2. The molecule has 3 aromatic carbocycles. The first-order valence-corrected chi connectivity index (χ1v) is 11.6. The van der Waals surface area contributed by atoms with Crippen LogP contribution in [0.25, 0.3) is 0 Å². The van der Waals surface area contributed by atoms with Gasteiger partial charge in [-0.05, 0) is 41.8 Å². The summed E-state index contributed by atoms with van der Waals surface area (Å²) in [6, 6.07) is 23.4. The molecule has 0 aliphatic rings. The van der Waals surface area contributed by atoms with Gasteiger partial charge in [0.05, 0.1) is 0 Å². The third kappa shape index (κ3) is 7.44. The summed E-state index contributed by atoms with van der Waals surface area (Å²) >= 11 is 0. The first-order valence-electron chi connectivity index (χ1n) is 11.6. The SMILES string of the molecule is CCCCCNC(=O)[C@H](c1ccccc1)N(Cc1ccc(F)cc1)C(=O)COc1ccccc1. The van der Waals surface area contributed by atoms with E-state index < -0.39 is 6.04 Å². The molecule has 0 aliphatic heterocycles. The smallest absolute Gasteiger partial charge is 0.261 e. The van der Waals surface area contributed by atoms with Gasteiger partial charge in [-0.2, -0.15) is 0 Å². The van der Waals surface area contributed by atoms with Crippen LogP contribution in [-0.2, 0) is 16.1 Å². The van der Waals surface area contributed by atoms with Crippen LogP contribution in [-0.4, -0.2) is 29.9 Å². The highest BCUT2D eigenvalue weighted by Gasteiger charge is 2.31. The summed E-state index contributed by atoms with van der Waals surface area (Å²) in [4.78, 5) is 28.3. The Bertz CT molecular complexity index is 1030. The van der Waals surface area contributed by atoms with Crippen molar-refractivity contribution in [3.05, 3.63) is 102 Å². The van der Waals surface area contributed by atoms with Gasteiger partial charge in [0.1, 0.15) is 17.6 Å². The fraction of sp³-hybridized carbons (Fsp3) is 0.286. The standard InChI is InChI=1S/C28H31FN2O3/c1-2-3-10-19-30-28(33)27(23-11-6-4-7-12-23)31(20-22-15-17-24(29)18-16-22)26(32)21-34-25-13-8-5-9-14-25/h4-9,11-18,27H,2-3,10,19-21H2,1H3,(H,30,33)/t27-/m0/s1. The van der Waals surface area contributed by atoms with Crippen molar-refractivity contribution in [3.8, 4) is 5.75 Å². The molecule has 6 heteroatoms. The van der Waals surface area contributed by atoms with Gasteiger partial charge in [-0.15, -0.1) is 0 Å². The normalized spacial score (nSPS) is 11.5. The quantitative estimate of drug-likeness (QED) is 0.373. The van der Waals surface area contributed by atoms with E-state index in [9.17, 15) is 14.0 Å². The minimum atomic E-state index is -0.847. The zero-order chi connectivity index (χ0) is 24.2. The van der Waals surface area contributed by atoms with Gasteiger partial charge in [-0.1, -0.05) is 80.4 Å². The molecular weight excluding hydrogens is 431 g/mol. The summed E-state index contributed by atoms with van der Waals surface area (Å²) in [5, 5.41) is 2.99. The fourth-order valence-electron chi connectivity index (χ4n) is 3.65. The highest BCUT2D eigenvalue weighted by molar-refractivity contribution is 5.89. The molecule has 0 heterocycles. The van der Waals surface area contributed by atoms with Crippen LogP contribution in [0.5, 0.6) is 5.75 Å². The number of hydrogen-bond donors (Lipinski definition) is 1. The van der Waals surface area contributed by atoms with E-state index in [2.05, 4.69) is 12.2 Å². The summed E-state index contributed by atoms with van der Waals surface area (Å²) in [6.07, 6.45) is 2.93. The van der Waals surface area contributed by atoms with Crippen LogP contribution in [0, 0.1) is 5.82 Å². The van der Waals surface area contributed by atoms with Crippen molar-refractivity contribution in [2.75, 3.05) is 13.2 Å². The van der Waals surface area contributed by atoms with Gasteiger partial charge >= 0.3 is 0 Å². The number of nitrogens with zero attached hydrogens (tertiary/aromatic N) is 1. The van der Waals surface area contributed by atoms with Crippen molar-refractivity contribution < 1.29 is 18.7 Å². The summed E-state index contributed by atoms with van der Waals surface area (Å²) in [7, 11) is 0. The second-order valence-electron chi connectivity index (χ2n) is 8.06. The number of benzene rings is 3. The molecule has 0 radical (unpaired) electrons. The molecule has 0 bridgehead atoms. The maximum absolute atomic E-state index is 13.5. The fourth-order valence-corrected chi connectivity index (χ4v) is 3.65. The Labute approximate surface area is 200 Å². The summed E-state index contributed by atoms with van der Waals surface area (Å²) in [5.74, 6) is -0.386. The van der Waals surface area contributed by atoms with Crippen molar-refractivity contribution in [1.29, 1.82) is 0 Å². The first-order chi connectivity index (χ1) is 16.6. The Hall–Kier alpha value is -3.67. The van der Waals surface area contributed by atoms with Crippen LogP contribution in [0.3, 0.4) is 0 Å². The molecule has 0 unspecified atom stereocenters. The van der Waals surface area contributed by atoms with Crippen molar-refractivity contribution in [2.24, 2.45) is 0 Å². The van der Waals surface area contributed by atoms with Crippen molar-refractivity contribution in [3.63, 3.8) is 0 Å².